The molecular formula is C11H12ClNO2. The fraction of sp³-hybridized carbons (Fsp3) is 0.364. The highest BCUT2D eigenvalue weighted by Crippen LogP contribution is 2.35. The van der Waals surface area contributed by atoms with Gasteiger partial charge < -0.3 is 10.4 Å². The Labute approximate surface area is 93.1 Å². The zero-order valence-electron chi connectivity index (χ0n) is 8.38. The fourth-order valence-electron chi connectivity index (χ4n) is 1.82. The molecule has 15 heavy (non-hydrogen) atoms. The van der Waals surface area contributed by atoms with Crippen molar-refractivity contribution in [3.8, 4) is 0 Å². The molecule has 1 atom stereocenters. The zero-order valence-corrected chi connectivity index (χ0v) is 9.14. The summed E-state index contributed by atoms with van der Waals surface area (Å²) >= 11 is 5.93. The number of aliphatic hydroxyl groups excluding tert-OH is 1. The van der Waals surface area contributed by atoms with Gasteiger partial charge in [0.05, 0.1) is 18.2 Å². The molecular weight excluding hydrogens is 214 g/mol. The lowest BCUT2D eigenvalue weighted by atomic mass is 10.0. The number of hydrogen-bond acceptors (Lipinski definition) is 2. The van der Waals surface area contributed by atoms with Gasteiger partial charge in [0.2, 0.25) is 5.91 Å². The summed E-state index contributed by atoms with van der Waals surface area (Å²) in [6.45, 7) is 1.88. The Bertz CT molecular complexity index is 417. The molecule has 1 aliphatic rings. The zero-order chi connectivity index (χ0) is 11.0. The van der Waals surface area contributed by atoms with E-state index in [1.54, 1.807) is 12.1 Å². The SMILES string of the molecule is CCC(O)c1cc(Cl)cc2c1NC(=O)C2. The van der Waals surface area contributed by atoms with Crippen molar-refractivity contribution in [3.05, 3.63) is 28.3 Å². The predicted molar refractivity (Wildman–Crippen MR) is 59.0 cm³/mol. The smallest absolute Gasteiger partial charge is 0.228 e. The minimum atomic E-state index is -0.573. The van der Waals surface area contributed by atoms with Crippen molar-refractivity contribution in [2.45, 2.75) is 25.9 Å². The lowest BCUT2D eigenvalue weighted by Crippen LogP contribution is -2.06. The van der Waals surface area contributed by atoms with Crippen LogP contribution in [0.4, 0.5) is 5.69 Å². The van der Waals surface area contributed by atoms with Gasteiger partial charge in [0.25, 0.3) is 0 Å². The van der Waals surface area contributed by atoms with Crippen molar-refractivity contribution >= 4 is 23.2 Å². The average molecular weight is 226 g/mol. The van der Waals surface area contributed by atoms with Gasteiger partial charge in [-0.15, -0.1) is 0 Å². The second-order valence-corrected chi connectivity index (χ2v) is 4.11. The number of hydrogen-bond donors (Lipinski definition) is 2. The molecule has 0 spiro atoms. The largest absolute Gasteiger partial charge is 0.388 e. The van der Waals surface area contributed by atoms with E-state index in [0.29, 0.717) is 23.4 Å². The highest BCUT2D eigenvalue weighted by atomic mass is 35.5. The molecule has 0 bridgehead atoms. The number of carbonyl (C=O) groups is 1. The van der Waals surface area contributed by atoms with Gasteiger partial charge >= 0.3 is 0 Å². The van der Waals surface area contributed by atoms with Crippen LogP contribution in [0.5, 0.6) is 0 Å². The molecule has 0 radical (unpaired) electrons. The normalized spacial score (nSPS) is 16.1. The van der Waals surface area contributed by atoms with Gasteiger partial charge in [-0.3, -0.25) is 4.79 Å². The van der Waals surface area contributed by atoms with Crippen molar-refractivity contribution in [1.29, 1.82) is 0 Å². The molecule has 1 unspecified atom stereocenters. The number of anilines is 1. The quantitative estimate of drug-likeness (QED) is 0.811. The summed E-state index contributed by atoms with van der Waals surface area (Å²) in [5.74, 6) is -0.0446. The maximum absolute atomic E-state index is 11.2. The van der Waals surface area contributed by atoms with E-state index in [2.05, 4.69) is 5.32 Å². The first-order valence-electron chi connectivity index (χ1n) is 4.92. The van der Waals surface area contributed by atoms with E-state index >= 15 is 0 Å². The van der Waals surface area contributed by atoms with Crippen molar-refractivity contribution in [1.82, 2.24) is 0 Å². The molecule has 1 amide bonds. The molecule has 1 aliphatic heterocycles. The Kier molecular flexibility index (Phi) is 2.67. The summed E-state index contributed by atoms with van der Waals surface area (Å²) in [4.78, 5) is 11.2. The average Bonchev–Trinajstić information content (AvgIpc) is 2.55. The Morgan fingerprint density at radius 3 is 3.00 bits per heavy atom. The molecule has 1 aromatic rings. The van der Waals surface area contributed by atoms with Gasteiger partial charge in [-0.2, -0.15) is 0 Å². The number of fused-ring (bicyclic) bond motifs is 1. The highest BCUT2D eigenvalue weighted by molar-refractivity contribution is 6.31. The van der Waals surface area contributed by atoms with Gasteiger partial charge in [0.1, 0.15) is 0 Å². The maximum Gasteiger partial charge on any atom is 0.228 e. The van der Waals surface area contributed by atoms with Crippen LogP contribution in [-0.4, -0.2) is 11.0 Å². The van der Waals surface area contributed by atoms with Crippen LogP contribution < -0.4 is 5.32 Å². The monoisotopic (exact) mass is 225 g/mol. The van der Waals surface area contributed by atoms with E-state index < -0.39 is 6.10 Å². The minimum Gasteiger partial charge on any atom is -0.388 e. The first-order valence-corrected chi connectivity index (χ1v) is 5.30. The van der Waals surface area contributed by atoms with Gasteiger partial charge in [-0.1, -0.05) is 18.5 Å². The first kappa shape index (κ1) is 10.5. The van der Waals surface area contributed by atoms with Crippen LogP contribution in [0, 0.1) is 0 Å². The van der Waals surface area contributed by atoms with Crippen LogP contribution in [0.1, 0.15) is 30.6 Å². The van der Waals surface area contributed by atoms with Crippen LogP contribution in [0.2, 0.25) is 5.02 Å². The molecule has 80 valence electrons. The van der Waals surface area contributed by atoms with E-state index in [0.717, 1.165) is 11.3 Å². The van der Waals surface area contributed by atoms with E-state index in [1.807, 2.05) is 6.92 Å². The van der Waals surface area contributed by atoms with E-state index in [4.69, 9.17) is 11.6 Å². The third-order valence-corrected chi connectivity index (χ3v) is 2.79. The van der Waals surface area contributed by atoms with E-state index in [1.165, 1.54) is 0 Å². The number of halogens is 1. The molecule has 0 saturated heterocycles. The molecule has 3 nitrogen and oxygen atoms in total. The van der Waals surface area contributed by atoms with Gasteiger partial charge in [-0.25, -0.2) is 0 Å². The summed E-state index contributed by atoms with van der Waals surface area (Å²) in [6.07, 6.45) is 0.373. The summed E-state index contributed by atoms with van der Waals surface area (Å²) in [6, 6.07) is 3.47. The highest BCUT2D eigenvalue weighted by Gasteiger charge is 2.23. The number of amides is 1. The topological polar surface area (TPSA) is 49.3 Å². The molecule has 2 N–H and O–H groups in total. The maximum atomic E-state index is 11.2. The number of aliphatic hydroxyl groups is 1. The van der Waals surface area contributed by atoms with E-state index in [9.17, 15) is 9.90 Å². The molecule has 0 saturated carbocycles. The minimum absolute atomic E-state index is 0.0446. The number of rotatable bonds is 2. The van der Waals surface area contributed by atoms with Crippen LogP contribution >= 0.6 is 11.6 Å². The van der Waals surface area contributed by atoms with Crippen LogP contribution in [0.25, 0.3) is 0 Å². The standard InChI is InChI=1S/C11H12ClNO2/c1-2-9(14)8-5-7(12)3-6-4-10(15)13-11(6)8/h3,5,9,14H,2,4H2,1H3,(H,13,15). The molecule has 0 aromatic heterocycles. The first-order chi connectivity index (χ1) is 7.11. The second kappa shape index (κ2) is 3.83. The molecule has 0 fully saturated rings. The van der Waals surface area contributed by atoms with Crippen molar-refractivity contribution < 1.29 is 9.90 Å². The van der Waals surface area contributed by atoms with Gasteiger partial charge in [0.15, 0.2) is 0 Å². The predicted octanol–water partition coefficient (Wildman–Crippen LogP) is 2.28. The lowest BCUT2D eigenvalue weighted by Gasteiger charge is -2.13. The lowest BCUT2D eigenvalue weighted by molar-refractivity contribution is -0.115. The number of benzene rings is 1. The van der Waals surface area contributed by atoms with Crippen molar-refractivity contribution in [2.24, 2.45) is 0 Å². The number of nitrogens with one attached hydrogen (secondary N) is 1. The second-order valence-electron chi connectivity index (χ2n) is 3.68. The van der Waals surface area contributed by atoms with Crippen LogP contribution in [-0.2, 0) is 11.2 Å². The molecule has 1 aromatic carbocycles. The Hall–Kier alpha value is -1.06. The third-order valence-electron chi connectivity index (χ3n) is 2.58. The van der Waals surface area contributed by atoms with Gasteiger partial charge in [0, 0.05) is 10.6 Å². The number of carbonyl (C=O) groups excluding carboxylic acids is 1. The van der Waals surface area contributed by atoms with Crippen LogP contribution in [0.15, 0.2) is 12.1 Å². The molecule has 1 heterocycles. The summed E-state index contributed by atoms with van der Waals surface area (Å²) in [5.41, 5.74) is 2.32. The van der Waals surface area contributed by atoms with Crippen molar-refractivity contribution in [2.75, 3.05) is 5.32 Å². The molecule has 0 aliphatic carbocycles. The summed E-state index contributed by atoms with van der Waals surface area (Å²) in [5, 5.41) is 13.1. The molecule has 4 heteroatoms. The van der Waals surface area contributed by atoms with Crippen LogP contribution in [0.3, 0.4) is 0 Å². The summed E-state index contributed by atoms with van der Waals surface area (Å²) < 4.78 is 0. The Morgan fingerprint density at radius 1 is 1.60 bits per heavy atom. The Morgan fingerprint density at radius 2 is 2.33 bits per heavy atom. The van der Waals surface area contributed by atoms with Crippen molar-refractivity contribution in [3.63, 3.8) is 0 Å². The van der Waals surface area contributed by atoms with E-state index in [-0.39, 0.29) is 5.91 Å². The molecule has 2 rings (SSSR count). The Balaban J connectivity index is 2.51. The third kappa shape index (κ3) is 1.85. The summed E-state index contributed by atoms with van der Waals surface area (Å²) in [7, 11) is 0. The fourth-order valence-corrected chi connectivity index (χ4v) is 2.07. The van der Waals surface area contributed by atoms with Gasteiger partial charge in [-0.05, 0) is 24.1 Å².